The molecule has 0 saturated heterocycles. The molecule has 2 N–H and O–H groups in total. The van der Waals surface area contributed by atoms with Gasteiger partial charge in [-0.15, -0.1) is 0 Å². The molecule has 2 aromatic carbocycles. The molecule has 3 aromatic rings. The normalized spacial score (nSPS) is 10.4. The van der Waals surface area contributed by atoms with Crippen LogP contribution >= 0.6 is 0 Å². The van der Waals surface area contributed by atoms with E-state index >= 15 is 0 Å². The maximum Gasteiger partial charge on any atom is 0.257 e. The molecule has 0 atom stereocenters. The van der Waals surface area contributed by atoms with Crippen molar-refractivity contribution in [3.63, 3.8) is 0 Å². The predicted octanol–water partition coefficient (Wildman–Crippen LogP) is 3.62. The third kappa shape index (κ3) is 3.46. The van der Waals surface area contributed by atoms with E-state index in [2.05, 4.69) is 15.8 Å². The molecular formula is C19H19N3O2. The number of carbonyl (C=O) groups excluding carboxylic acids is 1. The van der Waals surface area contributed by atoms with E-state index in [1.54, 1.807) is 0 Å². The van der Waals surface area contributed by atoms with Gasteiger partial charge in [0.15, 0.2) is 5.76 Å². The van der Waals surface area contributed by atoms with Crippen LogP contribution < -0.4 is 10.6 Å². The fourth-order valence-electron chi connectivity index (χ4n) is 2.38. The zero-order valence-corrected chi connectivity index (χ0v) is 13.7. The molecular weight excluding hydrogens is 302 g/mol. The maximum atomic E-state index is 12.4. The lowest BCUT2D eigenvalue weighted by molar-refractivity contribution is 0.0951. The second kappa shape index (κ2) is 7.00. The van der Waals surface area contributed by atoms with Crippen molar-refractivity contribution in [2.75, 3.05) is 12.4 Å². The molecule has 3 rings (SSSR count). The molecule has 1 amide bonds. The minimum absolute atomic E-state index is 0.204. The first-order valence-corrected chi connectivity index (χ1v) is 7.74. The van der Waals surface area contributed by atoms with Crippen molar-refractivity contribution in [1.82, 2.24) is 10.5 Å². The lowest BCUT2D eigenvalue weighted by atomic mass is 10.1. The van der Waals surface area contributed by atoms with Gasteiger partial charge in [0.2, 0.25) is 0 Å². The molecule has 122 valence electrons. The average molecular weight is 321 g/mol. The van der Waals surface area contributed by atoms with Crippen LogP contribution in [0.15, 0.2) is 59.3 Å². The Morgan fingerprint density at radius 1 is 1.08 bits per heavy atom. The number of nitrogens with one attached hydrogen (secondary N) is 2. The van der Waals surface area contributed by atoms with Crippen LogP contribution in [0.5, 0.6) is 0 Å². The van der Waals surface area contributed by atoms with Gasteiger partial charge in [0.05, 0.1) is 6.20 Å². The summed E-state index contributed by atoms with van der Waals surface area (Å²) in [6.45, 7) is 2.46. The van der Waals surface area contributed by atoms with Crippen LogP contribution in [0.25, 0.3) is 11.3 Å². The van der Waals surface area contributed by atoms with Crippen LogP contribution in [0, 0.1) is 6.92 Å². The highest BCUT2D eigenvalue weighted by Crippen LogP contribution is 2.24. The van der Waals surface area contributed by atoms with Gasteiger partial charge in [0.1, 0.15) is 5.56 Å². The molecule has 0 bridgehead atoms. The number of nitrogens with zero attached hydrogens (tertiary/aromatic N) is 1. The first kappa shape index (κ1) is 15.8. The Balaban J connectivity index is 1.71. The molecule has 0 fully saturated rings. The van der Waals surface area contributed by atoms with Crippen molar-refractivity contribution >= 4 is 11.6 Å². The van der Waals surface area contributed by atoms with Crippen LogP contribution in [0.3, 0.4) is 0 Å². The Morgan fingerprint density at radius 2 is 1.79 bits per heavy atom. The summed E-state index contributed by atoms with van der Waals surface area (Å²) < 4.78 is 5.27. The van der Waals surface area contributed by atoms with Crippen LogP contribution in [0.4, 0.5) is 5.69 Å². The molecule has 0 unspecified atom stereocenters. The topological polar surface area (TPSA) is 67.2 Å². The number of carbonyl (C=O) groups is 1. The van der Waals surface area contributed by atoms with Gasteiger partial charge < -0.3 is 15.2 Å². The molecule has 24 heavy (non-hydrogen) atoms. The van der Waals surface area contributed by atoms with Crippen molar-refractivity contribution in [1.29, 1.82) is 0 Å². The number of aryl methyl sites for hydroxylation is 1. The Hall–Kier alpha value is -3.08. The number of anilines is 1. The minimum Gasteiger partial charge on any atom is -0.388 e. The number of hydrogen-bond donors (Lipinski definition) is 2. The SMILES string of the molecule is CNc1ccc(CNC(=O)c2cnoc2-c2ccc(C)cc2)cc1. The maximum absolute atomic E-state index is 12.4. The van der Waals surface area contributed by atoms with Crippen LogP contribution in [0.1, 0.15) is 21.5 Å². The summed E-state index contributed by atoms with van der Waals surface area (Å²) in [6, 6.07) is 15.7. The first-order chi connectivity index (χ1) is 11.7. The van der Waals surface area contributed by atoms with E-state index in [4.69, 9.17) is 4.52 Å². The Kier molecular flexibility index (Phi) is 4.61. The third-order valence-electron chi connectivity index (χ3n) is 3.82. The Bertz CT molecular complexity index is 821. The fraction of sp³-hybridized carbons (Fsp3) is 0.158. The van der Waals surface area contributed by atoms with Gasteiger partial charge in [-0.3, -0.25) is 4.79 Å². The molecule has 0 spiro atoms. The van der Waals surface area contributed by atoms with Gasteiger partial charge in [-0.2, -0.15) is 0 Å². The summed E-state index contributed by atoms with van der Waals surface area (Å²) in [5, 5.41) is 9.74. The van der Waals surface area contributed by atoms with E-state index in [0.717, 1.165) is 22.4 Å². The summed E-state index contributed by atoms with van der Waals surface area (Å²) in [4.78, 5) is 12.4. The summed E-state index contributed by atoms with van der Waals surface area (Å²) in [5.74, 6) is 0.280. The fourth-order valence-corrected chi connectivity index (χ4v) is 2.38. The highest BCUT2D eigenvalue weighted by molar-refractivity contribution is 5.99. The van der Waals surface area contributed by atoms with Crippen molar-refractivity contribution in [2.24, 2.45) is 0 Å². The van der Waals surface area contributed by atoms with E-state index in [9.17, 15) is 4.79 Å². The highest BCUT2D eigenvalue weighted by atomic mass is 16.5. The second-order valence-electron chi connectivity index (χ2n) is 5.56. The number of rotatable bonds is 5. The number of benzene rings is 2. The quantitative estimate of drug-likeness (QED) is 0.753. The van der Waals surface area contributed by atoms with Crippen LogP contribution in [-0.2, 0) is 6.54 Å². The standard InChI is InChI=1S/C19H19N3O2/c1-13-3-7-15(8-4-13)18-17(12-22-24-18)19(23)21-11-14-5-9-16(20-2)10-6-14/h3-10,12,20H,11H2,1-2H3,(H,21,23). The summed E-state index contributed by atoms with van der Waals surface area (Å²) >= 11 is 0. The van der Waals surface area contributed by atoms with Gasteiger partial charge in [-0.1, -0.05) is 47.1 Å². The monoisotopic (exact) mass is 321 g/mol. The molecule has 1 heterocycles. The van der Waals surface area contributed by atoms with E-state index in [0.29, 0.717) is 17.9 Å². The van der Waals surface area contributed by atoms with Gasteiger partial charge in [-0.05, 0) is 24.6 Å². The van der Waals surface area contributed by atoms with Crippen LogP contribution in [-0.4, -0.2) is 18.1 Å². The third-order valence-corrected chi connectivity index (χ3v) is 3.82. The number of hydrogen-bond acceptors (Lipinski definition) is 4. The number of aromatic nitrogens is 1. The predicted molar refractivity (Wildman–Crippen MR) is 93.8 cm³/mol. The molecule has 0 aliphatic rings. The average Bonchev–Trinajstić information content (AvgIpc) is 3.10. The Morgan fingerprint density at radius 3 is 2.46 bits per heavy atom. The van der Waals surface area contributed by atoms with E-state index < -0.39 is 0 Å². The summed E-state index contributed by atoms with van der Waals surface area (Å²) in [7, 11) is 1.87. The van der Waals surface area contributed by atoms with E-state index in [1.807, 2.05) is 62.5 Å². The molecule has 5 nitrogen and oxygen atoms in total. The van der Waals surface area contributed by atoms with Gasteiger partial charge >= 0.3 is 0 Å². The zero-order chi connectivity index (χ0) is 16.9. The van der Waals surface area contributed by atoms with Crippen molar-refractivity contribution in [2.45, 2.75) is 13.5 Å². The smallest absolute Gasteiger partial charge is 0.257 e. The highest BCUT2D eigenvalue weighted by Gasteiger charge is 2.17. The van der Waals surface area contributed by atoms with Gasteiger partial charge in [0, 0.05) is 24.8 Å². The lowest BCUT2D eigenvalue weighted by Crippen LogP contribution is -2.22. The summed E-state index contributed by atoms with van der Waals surface area (Å²) in [6.07, 6.45) is 1.45. The molecule has 0 aliphatic heterocycles. The molecule has 5 heteroatoms. The lowest BCUT2D eigenvalue weighted by Gasteiger charge is -2.06. The van der Waals surface area contributed by atoms with Gasteiger partial charge in [0.25, 0.3) is 5.91 Å². The van der Waals surface area contributed by atoms with Crippen LogP contribution in [0.2, 0.25) is 0 Å². The van der Waals surface area contributed by atoms with Crippen molar-refractivity contribution < 1.29 is 9.32 Å². The van der Waals surface area contributed by atoms with E-state index in [-0.39, 0.29) is 5.91 Å². The van der Waals surface area contributed by atoms with Crippen molar-refractivity contribution in [3.8, 4) is 11.3 Å². The molecule has 0 saturated carbocycles. The molecule has 1 aromatic heterocycles. The largest absolute Gasteiger partial charge is 0.388 e. The van der Waals surface area contributed by atoms with Crippen molar-refractivity contribution in [3.05, 3.63) is 71.4 Å². The van der Waals surface area contributed by atoms with E-state index in [1.165, 1.54) is 6.20 Å². The first-order valence-electron chi connectivity index (χ1n) is 7.74. The Labute approximate surface area is 140 Å². The molecule has 0 radical (unpaired) electrons. The number of amides is 1. The summed E-state index contributed by atoms with van der Waals surface area (Å²) in [5.41, 5.74) is 4.48. The zero-order valence-electron chi connectivity index (χ0n) is 13.7. The second-order valence-corrected chi connectivity index (χ2v) is 5.56. The molecule has 0 aliphatic carbocycles. The van der Waals surface area contributed by atoms with Gasteiger partial charge in [-0.25, -0.2) is 0 Å². The minimum atomic E-state index is -0.204.